The Labute approximate surface area is 145 Å². The molecule has 0 spiro atoms. The van der Waals surface area contributed by atoms with Crippen molar-refractivity contribution in [2.45, 2.75) is 26.3 Å². The molecule has 0 unspecified atom stereocenters. The fraction of sp³-hybridized carbons (Fsp3) is 0.625. The minimum absolute atomic E-state index is 0. The van der Waals surface area contributed by atoms with Crippen molar-refractivity contribution in [2.75, 3.05) is 33.3 Å². The molecule has 0 aliphatic carbocycles. The third kappa shape index (κ3) is 5.58. The van der Waals surface area contributed by atoms with Gasteiger partial charge in [-0.2, -0.15) is 0 Å². The summed E-state index contributed by atoms with van der Waals surface area (Å²) in [5, 5.41) is 3.37. The maximum absolute atomic E-state index is 14.0. The molecule has 0 aromatic heterocycles. The molecular formula is C16H27Cl2FN2O. The smallest absolute Gasteiger partial charge is 0.165 e. The predicted octanol–water partition coefficient (Wildman–Crippen LogP) is 3.67. The van der Waals surface area contributed by atoms with Crippen LogP contribution in [0.3, 0.4) is 0 Å². The Bertz CT molecular complexity index is 440. The van der Waals surface area contributed by atoms with Crippen LogP contribution in [0.15, 0.2) is 18.2 Å². The lowest BCUT2D eigenvalue weighted by Gasteiger charge is -2.36. The second kappa shape index (κ2) is 10.3. The number of nitrogens with zero attached hydrogens (tertiary/aromatic N) is 1. The van der Waals surface area contributed by atoms with E-state index in [1.54, 1.807) is 12.1 Å². The first-order valence-electron chi connectivity index (χ1n) is 7.40. The molecule has 1 aliphatic heterocycles. The summed E-state index contributed by atoms with van der Waals surface area (Å²) in [7, 11) is 1.50. The van der Waals surface area contributed by atoms with Gasteiger partial charge in [-0.15, -0.1) is 24.8 Å². The van der Waals surface area contributed by atoms with E-state index in [2.05, 4.69) is 24.1 Å². The Morgan fingerprint density at radius 3 is 2.36 bits per heavy atom. The molecule has 1 saturated heterocycles. The van der Waals surface area contributed by atoms with E-state index in [1.807, 2.05) is 6.07 Å². The van der Waals surface area contributed by atoms with Crippen molar-refractivity contribution >= 4 is 24.8 Å². The van der Waals surface area contributed by atoms with E-state index >= 15 is 0 Å². The van der Waals surface area contributed by atoms with E-state index in [0.717, 1.165) is 38.2 Å². The largest absolute Gasteiger partial charge is 0.494 e. The molecule has 0 amide bonds. The molecule has 2 rings (SSSR count). The maximum Gasteiger partial charge on any atom is 0.165 e. The lowest BCUT2D eigenvalue weighted by atomic mass is 9.95. The summed E-state index contributed by atoms with van der Waals surface area (Å²) in [5.74, 6) is 0.631. The monoisotopic (exact) mass is 352 g/mol. The number of nitrogens with one attached hydrogen (secondary N) is 1. The van der Waals surface area contributed by atoms with Crippen molar-refractivity contribution in [3.63, 3.8) is 0 Å². The van der Waals surface area contributed by atoms with Crippen molar-refractivity contribution in [1.29, 1.82) is 0 Å². The lowest BCUT2D eigenvalue weighted by molar-refractivity contribution is 0.153. The number of piperazine rings is 1. The lowest BCUT2D eigenvalue weighted by Crippen LogP contribution is -2.45. The van der Waals surface area contributed by atoms with Crippen LogP contribution in [0.25, 0.3) is 0 Å². The van der Waals surface area contributed by atoms with E-state index in [0.29, 0.717) is 11.7 Å². The normalized spacial score (nSPS) is 16.6. The van der Waals surface area contributed by atoms with Crippen LogP contribution in [-0.4, -0.2) is 38.2 Å². The van der Waals surface area contributed by atoms with Gasteiger partial charge in [0.2, 0.25) is 0 Å². The highest BCUT2D eigenvalue weighted by molar-refractivity contribution is 5.85. The highest BCUT2D eigenvalue weighted by Gasteiger charge is 2.23. The molecule has 1 fully saturated rings. The topological polar surface area (TPSA) is 24.5 Å². The fourth-order valence-corrected chi connectivity index (χ4v) is 2.83. The van der Waals surface area contributed by atoms with Crippen LogP contribution in [-0.2, 0) is 0 Å². The van der Waals surface area contributed by atoms with Gasteiger partial charge in [0.25, 0.3) is 0 Å². The highest BCUT2D eigenvalue weighted by atomic mass is 35.5. The molecule has 0 radical (unpaired) electrons. The summed E-state index contributed by atoms with van der Waals surface area (Å²) in [5.41, 5.74) is 1.05. The van der Waals surface area contributed by atoms with Gasteiger partial charge >= 0.3 is 0 Å². The molecule has 1 atom stereocenters. The van der Waals surface area contributed by atoms with Crippen LogP contribution >= 0.6 is 24.8 Å². The Morgan fingerprint density at radius 2 is 1.86 bits per heavy atom. The third-order valence-electron chi connectivity index (χ3n) is 3.85. The number of benzene rings is 1. The molecule has 1 heterocycles. The minimum Gasteiger partial charge on any atom is -0.494 e. The van der Waals surface area contributed by atoms with E-state index in [4.69, 9.17) is 4.74 Å². The van der Waals surface area contributed by atoms with Gasteiger partial charge in [0, 0.05) is 32.2 Å². The molecule has 22 heavy (non-hydrogen) atoms. The van der Waals surface area contributed by atoms with Gasteiger partial charge in [-0.25, -0.2) is 4.39 Å². The molecular weight excluding hydrogens is 326 g/mol. The molecule has 0 saturated carbocycles. The average molecular weight is 353 g/mol. The van der Waals surface area contributed by atoms with Crippen molar-refractivity contribution < 1.29 is 9.13 Å². The minimum atomic E-state index is -0.270. The quantitative estimate of drug-likeness (QED) is 0.874. The van der Waals surface area contributed by atoms with Crippen LogP contribution in [0.1, 0.15) is 31.9 Å². The second-order valence-corrected chi connectivity index (χ2v) is 5.83. The summed E-state index contributed by atoms with van der Waals surface area (Å²) in [6.45, 7) is 8.49. The molecule has 1 N–H and O–H groups in total. The molecule has 1 aliphatic rings. The van der Waals surface area contributed by atoms with Crippen molar-refractivity contribution in [3.05, 3.63) is 29.6 Å². The number of halogens is 3. The standard InChI is InChI=1S/C16H25FN2O.2ClH/c1-12(2)10-15(19-8-6-18-7-9-19)13-4-5-16(20-3)14(17)11-13;;/h4-5,11-12,15,18H,6-10H2,1-3H3;2*1H/t15-;;/m1../s1. The van der Waals surface area contributed by atoms with E-state index in [1.165, 1.54) is 7.11 Å². The van der Waals surface area contributed by atoms with Crippen molar-refractivity contribution in [2.24, 2.45) is 5.92 Å². The molecule has 0 bridgehead atoms. The van der Waals surface area contributed by atoms with Gasteiger partial charge in [-0.05, 0) is 30.0 Å². The predicted molar refractivity (Wildman–Crippen MR) is 94.1 cm³/mol. The highest BCUT2D eigenvalue weighted by Crippen LogP contribution is 2.30. The van der Waals surface area contributed by atoms with Gasteiger partial charge in [0.1, 0.15) is 0 Å². The van der Waals surface area contributed by atoms with Crippen LogP contribution in [0.4, 0.5) is 4.39 Å². The van der Waals surface area contributed by atoms with Gasteiger partial charge in [-0.1, -0.05) is 19.9 Å². The Morgan fingerprint density at radius 1 is 1.23 bits per heavy atom. The Balaban J connectivity index is 0.00000220. The summed E-state index contributed by atoms with van der Waals surface area (Å²) < 4.78 is 19.0. The molecule has 3 nitrogen and oxygen atoms in total. The average Bonchev–Trinajstić information content (AvgIpc) is 2.45. The first kappa shape index (κ1) is 21.4. The summed E-state index contributed by atoms with van der Waals surface area (Å²) in [4.78, 5) is 2.46. The summed E-state index contributed by atoms with van der Waals surface area (Å²) >= 11 is 0. The summed E-state index contributed by atoms with van der Waals surface area (Å²) in [6.07, 6.45) is 1.05. The number of hydrogen-bond acceptors (Lipinski definition) is 3. The zero-order valence-corrected chi connectivity index (χ0v) is 15.1. The van der Waals surface area contributed by atoms with Gasteiger partial charge in [0.15, 0.2) is 11.6 Å². The Hall–Kier alpha value is -0.550. The van der Waals surface area contributed by atoms with Gasteiger partial charge in [-0.3, -0.25) is 4.90 Å². The number of hydrogen-bond donors (Lipinski definition) is 1. The first-order valence-corrected chi connectivity index (χ1v) is 7.40. The van der Waals surface area contributed by atoms with Crippen LogP contribution in [0.5, 0.6) is 5.75 Å². The zero-order valence-electron chi connectivity index (χ0n) is 13.5. The van der Waals surface area contributed by atoms with E-state index in [9.17, 15) is 4.39 Å². The molecule has 1 aromatic carbocycles. The zero-order chi connectivity index (χ0) is 14.5. The Kier molecular flexibility index (Phi) is 10.0. The second-order valence-electron chi connectivity index (χ2n) is 5.83. The van der Waals surface area contributed by atoms with Crippen molar-refractivity contribution in [1.82, 2.24) is 10.2 Å². The van der Waals surface area contributed by atoms with Gasteiger partial charge < -0.3 is 10.1 Å². The van der Waals surface area contributed by atoms with E-state index < -0.39 is 0 Å². The summed E-state index contributed by atoms with van der Waals surface area (Å²) in [6, 6.07) is 5.66. The third-order valence-corrected chi connectivity index (χ3v) is 3.85. The number of ether oxygens (including phenoxy) is 1. The first-order chi connectivity index (χ1) is 9.61. The SMILES string of the molecule is COc1ccc([C@@H](CC(C)C)N2CCNCC2)cc1F.Cl.Cl. The van der Waals surface area contributed by atoms with Crippen LogP contribution < -0.4 is 10.1 Å². The molecule has 6 heteroatoms. The fourth-order valence-electron chi connectivity index (χ4n) is 2.83. The van der Waals surface area contributed by atoms with Gasteiger partial charge in [0.05, 0.1) is 7.11 Å². The molecule has 1 aromatic rings. The maximum atomic E-state index is 14.0. The van der Waals surface area contributed by atoms with Crippen LogP contribution in [0, 0.1) is 11.7 Å². The number of methoxy groups -OCH3 is 1. The number of rotatable bonds is 5. The molecule has 128 valence electrons. The van der Waals surface area contributed by atoms with E-state index in [-0.39, 0.29) is 36.7 Å². The van der Waals surface area contributed by atoms with Crippen molar-refractivity contribution in [3.8, 4) is 5.75 Å². The van der Waals surface area contributed by atoms with Crippen LogP contribution in [0.2, 0.25) is 0 Å².